The summed E-state index contributed by atoms with van der Waals surface area (Å²) in [6.07, 6.45) is 0.971. The smallest absolute Gasteiger partial charge is 0.0700 e. The predicted octanol–water partition coefficient (Wildman–Crippen LogP) is 1.24. The topological polar surface area (TPSA) is 18.5 Å². The standard InChI is InChI=1S/C6H13O2S/c1-7-4-5-8-3-2-6-9/h2-6H2,1H3. The molecular weight excluding hydrogens is 136 g/mol. The summed E-state index contributed by atoms with van der Waals surface area (Å²) in [6, 6.07) is 0. The number of ether oxygens (including phenoxy) is 2. The van der Waals surface area contributed by atoms with Crippen LogP contribution in [0.5, 0.6) is 0 Å². The first-order valence-electron chi connectivity index (χ1n) is 3.06. The van der Waals surface area contributed by atoms with E-state index in [2.05, 4.69) is 0 Å². The lowest BCUT2D eigenvalue weighted by Gasteiger charge is -1.99. The van der Waals surface area contributed by atoms with Crippen molar-refractivity contribution in [1.29, 1.82) is 0 Å². The highest BCUT2D eigenvalue weighted by molar-refractivity contribution is 7.80. The molecule has 0 spiro atoms. The molecule has 0 N–H and O–H groups in total. The van der Waals surface area contributed by atoms with Crippen LogP contribution in [-0.2, 0) is 9.47 Å². The van der Waals surface area contributed by atoms with Crippen LogP contribution in [0.3, 0.4) is 0 Å². The molecule has 9 heavy (non-hydrogen) atoms. The van der Waals surface area contributed by atoms with Crippen LogP contribution in [-0.4, -0.2) is 32.7 Å². The molecule has 0 saturated heterocycles. The van der Waals surface area contributed by atoms with Crippen LogP contribution >= 0.6 is 12.6 Å². The average molecular weight is 149 g/mol. The molecule has 0 amide bonds. The maximum Gasteiger partial charge on any atom is 0.0700 e. The molecule has 2 nitrogen and oxygen atoms in total. The molecular formula is C6H13O2S. The van der Waals surface area contributed by atoms with Crippen molar-refractivity contribution in [2.24, 2.45) is 0 Å². The first kappa shape index (κ1) is 9.27. The van der Waals surface area contributed by atoms with Gasteiger partial charge in [-0.1, -0.05) is 12.6 Å². The van der Waals surface area contributed by atoms with E-state index < -0.39 is 0 Å². The van der Waals surface area contributed by atoms with Gasteiger partial charge in [-0.3, -0.25) is 0 Å². The second kappa shape index (κ2) is 8.27. The second-order valence-corrected chi connectivity index (χ2v) is 2.07. The Hall–Kier alpha value is 0.270. The van der Waals surface area contributed by atoms with Crippen LogP contribution in [0.15, 0.2) is 0 Å². The van der Waals surface area contributed by atoms with Gasteiger partial charge in [-0.2, -0.15) is 0 Å². The summed E-state index contributed by atoms with van der Waals surface area (Å²) in [5.74, 6) is 0.785. The maximum absolute atomic E-state index is 5.12. The highest BCUT2D eigenvalue weighted by Crippen LogP contribution is 1.84. The molecule has 0 fully saturated rings. The summed E-state index contributed by atoms with van der Waals surface area (Å²) < 4.78 is 9.89. The maximum atomic E-state index is 5.12. The Kier molecular flexibility index (Phi) is 8.52. The van der Waals surface area contributed by atoms with Crippen molar-refractivity contribution in [2.45, 2.75) is 6.42 Å². The number of methoxy groups -OCH3 is 1. The lowest BCUT2D eigenvalue weighted by Crippen LogP contribution is -2.02. The molecule has 0 bridgehead atoms. The van der Waals surface area contributed by atoms with Crippen LogP contribution in [0.25, 0.3) is 0 Å². The zero-order valence-corrected chi connectivity index (χ0v) is 6.58. The largest absolute Gasteiger partial charge is 0.382 e. The van der Waals surface area contributed by atoms with E-state index in [0.717, 1.165) is 18.8 Å². The lowest BCUT2D eigenvalue weighted by molar-refractivity contribution is 0.0714. The van der Waals surface area contributed by atoms with E-state index in [-0.39, 0.29) is 0 Å². The van der Waals surface area contributed by atoms with Gasteiger partial charge in [0.15, 0.2) is 0 Å². The van der Waals surface area contributed by atoms with Gasteiger partial charge in [0.1, 0.15) is 0 Å². The van der Waals surface area contributed by atoms with Crippen molar-refractivity contribution < 1.29 is 9.47 Å². The monoisotopic (exact) mass is 149 g/mol. The predicted molar refractivity (Wildman–Crippen MR) is 39.8 cm³/mol. The number of hydrogen-bond donors (Lipinski definition) is 0. The van der Waals surface area contributed by atoms with Crippen LogP contribution in [0.2, 0.25) is 0 Å². The molecule has 55 valence electrons. The van der Waals surface area contributed by atoms with Crippen LogP contribution in [0.1, 0.15) is 6.42 Å². The summed E-state index contributed by atoms with van der Waals surface area (Å²) in [5.41, 5.74) is 0. The van der Waals surface area contributed by atoms with Crippen LogP contribution in [0.4, 0.5) is 0 Å². The number of rotatable bonds is 6. The van der Waals surface area contributed by atoms with Crippen molar-refractivity contribution >= 4 is 12.6 Å². The van der Waals surface area contributed by atoms with E-state index in [9.17, 15) is 0 Å². The van der Waals surface area contributed by atoms with Crippen molar-refractivity contribution in [3.05, 3.63) is 0 Å². The van der Waals surface area contributed by atoms with E-state index in [0.29, 0.717) is 13.2 Å². The highest BCUT2D eigenvalue weighted by atomic mass is 32.1. The van der Waals surface area contributed by atoms with Gasteiger partial charge < -0.3 is 9.47 Å². The Labute approximate surface area is 61.9 Å². The van der Waals surface area contributed by atoms with Crippen LogP contribution in [0, 0.1) is 0 Å². The Morgan fingerprint density at radius 3 is 2.56 bits per heavy atom. The van der Waals surface area contributed by atoms with E-state index in [4.69, 9.17) is 22.1 Å². The first-order valence-corrected chi connectivity index (χ1v) is 3.64. The third kappa shape index (κ3) is 8.27. The van der Waals surface area contributed by atoms with Gasteiger partial charge in [-0.25, -0.2) is 0 Å². The summed E-state index contributed by atoms with van der Waals surface area (Å²) in [4.78, 5) is 0. The molecule has 0 unspecified atom stereocenters. The Balaban J connectivity index is 2.60. The van der Waals surface area contributed by atoms with Gasteiger partial charge in [-0.05, 0) is 6.42 Å². The average Bonchev–Trinajstić information content (AvgIpc) is 1.89. The Morgan fingerprint density at radius 1 is 1.22 bits per heavy atom. The van der Waals surface area contributed by atoms with Gasteiger partial charge in [0, 0.05) is 19.5 Å². The van der Waals surface area contributed by atoms with Gasteiger partial charge in [0.25, 0.3) is 0 Å². The SMILES string of the molecule is COCCOCCC[S]. The summed E-state index contributed by atoms with van der Waals surface area (Å²) >= 11 is 4.72. The van der Waals surface area contributed by atoms with Gasteiger partial charge in [0.05, 0.1) is 13.2 Å². The molecule has 0 aliphatic carbocycles. The van der Waals surface area contributed by atoms with Gasteiger partial charge in [0.2, 0.25) is 0 Å². The minimum absolute atomic E-state index is 0.678. The third-order valence-electron chi connectivity index (χ3n) is 0.865. The fourth-order valence-corrected chi connectivity index (χ4v) is 0.523. The highest BCUT2D eigenvalue weighted by Gasteiger charge is 1.85. The molecule has 0 saturated carbocycles. The Bertz CT molecular complexity index is 44.3. The lowest BCUT2D eigenvalue weighted by atomic mass is 10.5. The molecule has 0 aliphatic heterocycles. The number of hydrogen-bond acceptors (Lipinski definition) is 2. The first-order chi connectivity index (χ1) is 4.41. The quantitative estimate of drug-likeness (QED) is 0.529. The van der Waals surface area contributed by atoms with Gasteiger partial charge >= 0.3 is 0 Å². The molecule has 1 radical (unpaired) electrons. The fraction of sp³-hybridized carbons (Fsp3) is 1.00. The van der Waals surface area contributed by atoms with E-state index in [1.54, 1.807) is 7.11 Å². The molecule has 0 aromatic carbocycles. The van der Waals surface area contributed by atoms with Gasteiger partial charge in [-0.15, -0.1) is 0 Å². The normalized spacial score (nSPS) is 10.0. The zero-order chi connectivity index (χ0) is 6.95. The van der Waals surface area contributed by atoms with Crippen molar-refractivity contribution in [3.63, 3.8) is 0 Å². The summed E-state index contributed by atoms with van der Waals surface area (Å²) in [6.45, 7) is 2.14. The minimum Gasteiger partial charge on any atom is -0.382 e. The minimum atomic E-state index is 0.678. The fourth-order valence-electron chi connectivity index (χ4n) is 0.405. The summed E-state index contributed by atoms with van der Waals surface area (Å²) in [7, 11) is 1.66. The van der Waals surface area contributed by atoms with Crippen molar-refractivity contribution in [2.75, 3.05) is 32.7 Å². The van der Waals surface area contributed by atoms with E-state index >= 15 is 0 Å². The molecule has 0 heterocycles. The molecule has 0 rings (SSSR count). The second-order valence-electron chi connectivity index (χ2n) is 1.66. The van der Waals surface area contributed by atoms with Crippen LogP contribution < -0.4 is 0 Å². The van der Waals surface area contributed by atoms with Crippen molar-refractivity contribution in [1.82, 2.24) is 0 Å². The molecule has 3 heteroatoms. The zero-order valence-electron chi connectivity index (χ0n) is 5.76. The molecule has 0 aromatic heterocycles. The van der Waals surface area contributed by atoms with E-state index in [1.807, 2.05) is 0 Å². The van der Waals surface area contributed by atoms with Crippen molar-refractivity contribution in [3.8, 4) is 0 Å². The third-order valence-corrected chi connectivity index (χ3v) is 1.15. The Morgan fingerprint density at radius 2 is 2.00 bits per heavy atom. The molecule has 0 atom stereocenters. The summed E-state index contributed by atoms with van der Waals surface area (Å²) in [5, 5.41) is 0. The van der Waals surface area contributed by atoms with E-state index in [1.165, 1.54) is 0 Å². The molecule has 0 aliphatic rings. The molecule has 0 aromatic rings.